The number of carbonyl (C=O) groups is 2. The summed E-state index contributed by atoms with van der Waals surface area (Å²) in [5, 5.41) is 6.66. The van der Waals surface area contributed by atoms with Crippen LogP contribution in [-0.2, 0) is 9.63 Å². The van der Waals surface area contributed by atoms with Gasteiger partial charge in [-0.05, 0) is 36.4 Å². The van der Waals surface area contributed by atoms with Gasteiger partial charge in [0.2, 0.25) is 12.0 Å². The molecule has 1 atom stereocenters. The van der Waals surface area contributed by atoms with Crippen LogP contribution in [0.1, 0.15) is 21.7 Å². The van der Waals surface area contributed by atoms with Crippen molar-refractivity contribution in [2.75, 3.05) is 5.32 Å². The Kier molecular flexibility index (Phi) is 4.31. The van der Waals surface area contributed by atoms with Crippen LogP contribution in [-0.4, -0.2) is 23.6 Å². The van der Waals surface area contributed by atoms with Crippen molar-refractivity contribution in [3.8, 4) is 0 Å². The van der Waals surface area contributed by atoms with Crippen molar-refractivity contribution in [2.24, 2.45) is 10.9 Å². The van der Waals surface area contributed by atoms with Gasteiger partial charge in [0.25, 0.3) is 5.91 Å². The van der Waals surface area contributed by atoms with E-state index in [9.17, 15) is 9.59 Å². The van der Waals surface area contributed by atoms with Gasteiger partial charge in [-0.15, -0.1) is 11.3 Å². The molecular weight excluding hydrogens is 338 g/mol. The van der Waals surface area contributed by atoms with Crippen molar-refractivity contribution in [3.63, 3.8) is 0 Å². The molecule has 0 aliphatic carbocycles. The van der Waals surface area contributed by atoms with Gasteiger partial charge in [0.15, 0.2) is 0 Å². The van der Waals surface area contributed by atoms with Crippen molar-refractivity contribution < 1.29 is 14.4 Å². The zero-order chi connectivity index (χ0) is 16.4. The van der Waals surface area contributed by atoms with Gasteiger partial charge < -0.3 is 15.9 Å². The number of primary amides is 1. The van der Waals surface area contributed by atoms with E-state index in [2.05, 4.69) is 10.5 Å². The summed E-state index contributed by atoms with van der Waals surface area (Å²) >= 11 is 7.28. The number of halogens is 1. The number of hydrogen-bond donors (Lipinski definition) is 2. The number of amides is 2. The number of rotatable bonds is 4. The second-order valence-corrected chi connectivity index (χ2v) is 6.59. The molecule has 1 aliphatic heterocycles. The molecule has 2 aromatic rings. The summed E-state index contributed by atoms with van der Waals surface area (Å²) in [6, 6.07) is 9.92. The number of nitrogens with zero attached hydrogens (tertiary/aromatic N) is 1. The van der Waals surface area contributed by atoms with E-state index >= 15 is 0 Å². The summed E-state index contributed by atoms with van der Waals surface area (Å²) in [7, 11) is 0. The SMILES string of the molecule is NC(=O)c1ccc(NC(=O)[C@@H]2CC(c3ccc(Cl)s3)=NO2)cc1. The molecule has 2 heterocycles. The molecule has 0 bridgehead atoms. The first-order chi connectivity index (χ1) is 11.0. The lowest BCUT2D eigenvalue weighted by Crippen LogP contribution is -2.28. The molecule has 8 heteroatoms. The average Bonchev–Trinajstić information content (AvgIpc) is 3.16. The van der Waals surface area contributed by atoms with E-state index in [0.717, 1.165) is 4.88 Å². The number of nitrogens with two attached hydrogens (primary N) is 1. The number of carbonyl (C=O) groups excluding carboxylic acids is 2. The monoisotopic (exact) mass is 349 g/mol. The third-order valence-corrected chi connectivity index (χ3v) is 4.54. The Labute approximate surface area is 140 Å². The van der Waals surface area contributed by atoms with Crippen molar-refractivity contribution in [3.05, 3.63) is 51.2 Å². The van der Waals surface area contributed by atoms with E-state index in [-0.39, 0.29) is 5.91 Å². The first-order valence-corrected chi connectivity index (χ1v) is 7.91. The summed E-state index contributed by atoms with van der Waals surface area (Å²) in [5.41, 5.74) is 6.79. The third-order valence-electron chi connectivity index (χ3n) is 3.26. The van der Waals surface area contributed by atoms with Crippen LogP contribution < -0.4 is 11.1 Å². The maximum atomic E-state index is 12.2. The third kappa shape index (κ3) is 3.52. The number of hydrogen-bond acceptors (Lipinski definition) is 5. The normalized spacial score (nSPS) is 16.6. The molecule has 1 aliphatic rings. The molecule has 23 heavy (non-hydrogen) atoms. The number of oxime groups is 1. The smallest absolute Gasteiger partial charge is 0.268 e. The fraction of sp³-hybridized carbons (Fsp3) is 0.133. The molecule has 0 saturated carbocycles. The summed E-state index contributed by atoms with van der Waals surface area (Å²) in [5.74, 6) is -0.826. The quantitative estimate of drug-likeness (QED) is 0.888. The predicted octanol–water partition coefficient (Wildman–Crippen LogP) is 2.63. The van der Waals surface area contributed by atoms with Gasteiger partial charge in [-0.25, -0.2) is 0 Å². The Balaban J connectivity index is 1.60. The molecule has 3 N–H and O–H groups in total. The van der Waals surface area contributed by atoms with Crippen molar-refractivity contribution in [2.45, 2.75) is 12.5 Å². The molecule has 1 aromatic heterocycles. The molecule has 0 fully saturated rings. The lowest BCUT2D eigenvalue weighted by Gasteiger charge is -2.09. The first-order valence-electron chi connectivity index (χ1n) is 6.72. The molecule has 6 nitrogen and oxygen atoms in total. The Morgan fingerprint density at radius 3 is 2.61 bits per heavy atom. The zero-order valence-electron chi connectivity index (χ0n) is 11.8. The van der Waals surface area contributed by atoms with Crippen molar-refractivity contribution in [1.82, 2.24) is 0 Å². The van der Waals surface area contributed by atoms with Crippen LogP contribution in [0.15, 0.2) is 41.6 Å². The maximum Gasteiger partial charge on any atom is 0.268 e. The minimum atomic E-state index is -0.693. The Bertz CT molecular complexity index is 786. The topological polar surface area (TPSA) is 93.8 Å². The fourth-order valence-electron chi connectivity index (χ4n) is 2.07. The van der Waals surface area contributed by atoms with Gasteiger partial charge in [-0.3, -0.25) is 9.59 Å². The summed E-state index contributed by atoms with van der Waals surface area (Å²) in [4.78, 5) is 29.3. The van der Waals surface area contributed by atoms with E-state index < -0.39 is 12.0 Å². The van der Waals surface area contributed by atoms with Crippen LogP contribution in [0.25, 0.3) is 0 Å². The zero-order valence-corrected chi connectivity index (χ0v) is 13.4. The highest BCUT2D eigenvalue weighted by atomic mass is 35.5. The molecule has 0 spiro atoms. The van der Waals surface area contributed by atoms with E-state index in [0.29, 0.717) is 27.7 Å². The van der Waals surface area contributed by atoms with Gasteiger partial charge in [-0.2, -0.15) is 0 Å². The molecule has 0 saturated heterocycles. The summed E-state index contributed by atoms with van der Waals surface area (Å²) in [6.45, 7) is 0. The Hall–Kier alpha value is -2.38. The average molecular weight is 350 g/mol. The van der Waals surface area contributed by atoms with Gasteiger partial charge in [0.1, 0.15) is 5.71 Å². The minimum Gasteiger partial charge on any atom is -0.382 e. The molecular formula is C15H12ClN3O3S. The molecule has 0 radical (unpaired) electrons. The highest BCUT2D eigenvalue weighted by molar-refractivity contribution is 7.18. The maximum absolute atomic E-state index is 12.2. The van der Waals surface area contributed by atoms with Crippen molar-refractivity contribution in [1.29, 1.82) is 0 Å². The van der Waals surface area contributed by atoms with E-state index in [4.69, 9.17) is 22.2 Å². The van der Waals surface area contributed by atoms with Crippen LogP contribution >= 0.6 is 22.9 Å². The highest BCUT2D eigenvalue weighted by Crippen LogP contribution is 2.26. The number of thiophene rings is 1. The molecule has 118 valence electrons. The van der Waals surface area contributed by atoms with Gasteiger partial charge >= 0.3 is 0 Å². The van der Waals surface area contributed by atoms with E-state index in [1.165, 1.54) is 11.3 Å². The summed E-state index contributed by atoms with van der Waals surface area (Å²) < 4.78 is 0.658. The van der Waals surface area contributed by atoms with Crippen LogP contribution in [0.2, 0.25) is 4.34 Å². The Morgan fingerprint density at radius 1 is 1.26 bits per heavy atom. The van der Waals surface area contributed by atoms with Crippen LogP contribution in [0, 0.1) is 0 Å². The van der Waals surface area contributed by atoms with Crippen molar-refractivity contribution >= 4 is 46.2 Å². The first kappa shape index (κ1) is 15.5. The predicted molar refractivity (Wildman–Crippen MR) is 88.9 cm³/mol. The molecule has 0 unspecified atom stereocenters. The minimum absolute atomic E-state index is 0.307. The van der Waals surface area contributed by atoms with E-state index in [1.54, 1.807) is 30.3 Å². The number of benzene rings is 1. The van der Waals surface area contributed by atoms with Gasteiger partial charge in [0.05, 0.1) is 9.21 Å². The molecule has 3 rings (SSSR count). The largest absolute Gasteiger partial charge is 0.382 e. The highest BCUT2D eigenvalue weighted by Gasteiger charge is 2.29. The van der Waals surface area contributed by atoms with Crippen LogP contribution in [0.4, 0.5) is 5.69 Å². The lowest BCUT2D eigenvalue weighted by atomic mass is 10.1. The number of nitrogens with one attached hydrogen (secondary N) is 1. The molecule has 2 amide bonds. The van der Waals surface area contributed by atoms with Crippen LogP contribution in [0.3, 0.4) is 0 Å². The summed E-state index contributed by atoms with van der Waals surface area (Å²) in [6.07, 6.45) is -0.316. The fourth-order valence-corrected chi connectivity index (χ4v) is 3.11. The number of anilines is 1. The standard InChI is InChI=1S/C15H12ClN3O3S/c16-13-6-5-12(23-13)10-7-11(22-19-10)15(21)18-9-3-1-8(2-4-9)14(17)20/h1-6,11H,7H2,(H2,17,20)(H,18,21)/t11-/m0/s1. The molecule has 1 aromatic carbocycles. The second kappa shape index (κ2) is 6.39. The second-order valence-electron chi connectivity index (χ2n) is 4.87. The lowest BCUT2D eigenvalue weighted by molar-refractivity contribution is -0.125. The van der Waals surface area contributed by atoms with Crippen LogP contribution in [0.5, 0.6) is 0 Å². The Morgan fingerprint density at radius 2 is 2.00 bits per heavy atom. The van der Waals surface area contributed by atoms with E-state index in [1.807, 2.05) is 6.07 Å². The van der Waals surface area contributed by atoms with Gasteiger partial charge in [0, 0.05) is 17.7 Å². The van der Waals surface area contributed by atoms with Gasteiger partial charge in [-0.1, -0.05) is 16.8 Å².